The molecule has 4 rings (SSSR count). The molecule has 1 aliphatic heterocycles. The van der Waals surface area contributed by atoms with Gasteiger partial charge in [0.25, 0.3) is 5.91 Å². The molecule has 2 heterocycles. The van der Waals surface area contributed by atoms with E-state index in [1.807, 2.05) is 54.9 Å². The number of anilines is 1. The zero-order valence-electron chi connectivity index (χ0n) is 18.1. The molecular weight excluding hydrogens is 402 g/mol. The van der Waals surface area contributed by atoms with Gasteiger partial charge in [-0.05, 0) is 36.1 Å². The molecule has 1 aromatic heterocycles. The molecule has 3 aromatic rings. The molecule has 1 saturated heterocycles. The molecule has 0 bridgehead atoms. The molecule has 0 radical (unpaired) electrons. The Balaban J connectivity index is 1.27. The van der Waals surface area contributed by atoms with Gasteiger partial charge < -0.3 is 15.5 Å². The molecule has 0 saturated carbocycles. The summed E-state index contributed by atoms with van der Waals surface area (Å²) in [6, 6.07) is 17.5. The average Bonchev–Trinajstić information content (AvgIpc) is 2.84. The van der Waals surface area contributed by atoms with Crippen molar-refractivity contribution in [2.75, 3.05) is 18.0 Å². The van der Waals surface area contributed by atoms with E-state index in [0.29, 0.717) is 12.1 Å². The molecule has 2 amide bonds. The van der Waals surface area contributed by atoms with Gasteiger partial charge in [-0.3, -0.25) is 9.59 Å². The summed E-state index contributed by atoms with van der Waals surface area (Å²) in [5, 5.41) is 5.88. The zero-order chi connectivity index (χ0) is 22.3. The van der Waals surface area contributed by atoms with Gasteiger partial charge in [-0.1, -0.05) is 42.5 Å². The monoisotopic (exact) mass is 429 g/mol. The standard InChI is InChI=1S/C25H27N5O2/c1-18(31)26-15-19-7-9-21(10-8-19)24(32)29-23-11-13-30(14-12-23)25-27-16-22(17-28-25)20-5-3-2-4-6-20/h2-10,16-17,23H,11-15H2,1H3,(H,26,31)(H,29,32). The first-order valence-electron chi connectivity index (χ1n) is 10.8. The van der Waals surface area contributed by atoms with E-state index in [1.54, 1.807) is 12.1 Å². The molecular formula is C25H27N5O2. The molecule has 0 aliphatic carbocycles. The van der Waals surface area contributed by atoms with Gasteiger partial charge in [0, 0.05) is 56.1 Å². The molecule has 7 heteroatoms. The minimum atomic E-state index is -0.0734. The fourth-order valence-electron chi connectivity index (χ4n) is 3.76. The molecule has 7 nitrogen and oxygen atoms in total. The quantitative estimate of drug-likeness (QED) is 0.629. The van der Waals surface area contributed by atoms with E-state index >= 15 is 0 Å². The van der Waals surface area contributed by atoms with E-state index in [4.69, 9.17) is 0 Å². The van der Waals surface area contributed by atoms with Crippen molar-refractivity contribution < 1.29 is 9.59 Å². The van der Waals surface area contributed by atoms with Crippen LogP contribution in [-0.4, -0.2) is 40.9 Å². The lowest BCUT2D eigenvalue weighted by Gasteiger charge is -2.32. The van der Waals surface area contributed by atoms with Gasteiger partial charge in [-0.2, -0.15) is 0 Å². The van der Waals surface area contributed by atoms with Gasteiger partial charge in [-0.15, -0.1) is 0 Å². The average molecular weight is 430 g/mol. The molecule has 2 N–H and O–H groups in total. The van der Waals surface area contributed by atoms with Crippen molar-refractivity contribution in [1.82, 2.24) is 20.6 Å². The lowest BCUT2D eigenvalue weighted by Crippen LogP contribution is -2.45. The number of hydrogen-bond acceptors (Lipinski definition) is 5. The maximum atomic E-state index is 12.6. The van der Waals surface area contributed by atoms with E-state index in [1.165, 1.54) is 6.92 Å². The van der Waals surface area contributed by atoms with Crippen LogP contribution < -0.4 is 15.5 Å². The van der Waals surface area contributed by atoms with E-state index in [-0.39, 0.29) is 17.9 Å². The molecule has 1 aliphatic rings. The predicted octanol–water partition coefficient (Wildman–Crippen LogP) is 3.18. The summed E-state index contributed by atoms with van der Waals surface area (Å²) in [6.07, 6.45) is 5.41. The molecule has 2 aromatic carbocycles. The van der Waals surface area contributed by atoms with Crippen LogP contribution >= 0.6 is 0 Å². The fourth-order valence-corrected chi connectivity index (χ4v) is 3.76. The van der Waals surface area contributed by atoms with Gasteiger partial charge >= 0.3 is 0 Å². The Hall–Kier alpha value is -3.74. The summed E-state index contributed by atoms with van der Waals surface area (Å²) < 4.78 is 0. The largest absolute Gasteiger partial charge is 0.352 e. The number of carbonyl (C=O) groups excluding carboxylic acids is 2. The maximum Gasteiger partial charge on any atom is 0.251 e. The second-order valence-corrected chi connectivity index (χ2v) is 7.98. The van der Waals surface area contributed by atoms with Crippen molar-refractivity contribution in [2.45, 2.75) is 32.4 Å². The van der Waals surface area contributed by atoms with E-state index in [9.17, 15) is 9.59 Å². The molecule has 32 heavy (non-hydrogen) atoms. The highest BCUT2D eigenvalue weighted by Crippen LogP contribution is 2.20. The Bertz CT molecular complexity index is 1040. The molecule has 0 unspecified atom stereocenters. The van der Waals surface area contributed by atoms with E-state index in [0.717, 1.165) is 48.6 Å². The molecule has 1 fully saturated rings. The zero-order valence-corrected chi connectivity index (χ0v) is 18.1. The smallest absolute Gasteiger partial charge is 0.251 e. The lowest BCUT2D eigenvalue weighted by atomic mass is 10.0. The van der Waals surface area contributed by atoms with Gasteiger partial charge in [0.1, 0.15) is 0 Å². The predicted molar refractivity (Wildman–Crippen MR) is 124 cm³/mol. The molecule has 164 valence electrons. The van der Waals surface area contributed by atoms with Crippen LogP contribution in [0.5, 0.6) is 0 Å². The van der Waals surface area contributed by atoms with Crippen LogP contribution in [0.15, 0.2) is 67.0 Å². The highest BCUT2D eigenvalue weighted by Gasteiger charge is 2.22. The number of aromatic nitrogens is 2. The first-order valence-corrected chi connectivity index (χ1v) is 10.8. The Morgan fingerprint density at radius 2 is 1.59 bits per heavy atom. The van der Waals surface area contributed by atoms with Crippen molar-refractivity contribution in [3.05, 3.63) is 78.1 Å². The lowest BCUT2D eigenvalue weighted by molar-refractivity contribution is -0.119. The van der Waals surface area contributed by atoms with Gasteiger partial charge in [-0.25, -0.2) is 9.97 Å². The second kappa shape index (κ2) is 10.0. The third-order valence-electron chi connectivity index (χ3n) is 5.62. The number of piperidine rings is 1. The highest BCUT2D eigenvalue weighted by atomic mass is 16.2. The summed E-state index contributed by atoms with van der Waals surface area (Å²) in [5.41, 5.74) is 3.69. The van der Waals surface area contributed by atoms with Crippen LogP contribution in [0.1, 0.15) is 35.7 Å². The van der Waals surface area contributed by atoms with Crippen LogP contribution in [0.25, 0.3) is 11.1 Å². The number of amides is 2. The SMILES string of the molecule is CC(=O)NCc1ccc(C(=O)NC2CCN(c3ncc(-c4ccccc4)cn3)CC2)cc1. The summed E-state index contributed by atoms with van der Waals surface area (Å²) in [6.45, 7) is 3.54. The number of benzene rings is 2. The van der Waals surface area contributed by atoms with Crippen LogP contribution in [0.4, 0.5) is 5.95 Å². The Labute approximate surface area is 187 Å². The summed E-state index contributed by atoms with van der Waals surface area (Å²) in [4.78, 5) is 34.9. The minimum Gasteiger partial charge on any atom is -0.352 e. The van der Waals surface area contributed by atoms with Gasteiger partial charge in [0.05, 0.1) is 0 Å². The van der Waals surface area contributed by atoms with Crippen LogP contribution in [0.3, 0.4) is 0 Å². The van der Waals surface area contributed by atoms with Gasteiger partial charge in [0.15, 0.2) is 0 Å². The van der Waals surface area contributed by atoms with E-state index in [2.05, 4.69) is 25.5 Å². The highest BCUT2D eigenvalue weighted by molar-refractivity contribution is 5.94. The Kier molecular flexibility index (Phi) is 6.75. The first kappa shape index (κ1) is 21.5. The van der Waals surface area contributed by atoms with Crippen LogP contribution in [0.2, 0.25) is 0 Å². The number of nitrogens with one attached hydrogen (secondary N) is 2. The van der Waals surface area contributed by atoms with Crippen molar-refractivity contribution in [3.63, 3.8) is 0 Å². The van der Waals surface area contributed by atoms with Crippen molar-refractivity contribution in [3.8, 4) is 11.1 Å². The number of rotatable bonds is 6. The first-order chi connectivity index (χ1) is 15.6. The Morgan fingerprint density at radius 3 is 2.22 bits per heavy atom. The summed E-state index contributed by atoms with van der Waals surface area (Å²) in [5.74, 6) is 0.581. The summed E-state index contributed by atoms with van der Waals surface area (Å²) in [7, 11) is 0. The Morgan fingerprint density at radius 1 is 0.938 bits per heavy atom. The minimum absolute atomic E-state index is 0.0713. The van der Waals surface area contributed by atoms with E-state index < -0.39 is 0 Å². The van der Waals surface area contributed by atoms with Crippen molar-refractivity contribution in [2.24, 2.45) is 0 Å². The number of carbonyl (C=O) groups is 2. The molecule has 0 spiro atoms. The molecule has 0 atom stereocenters. The third kappa shape index (κ3) is 5.49. The van der Waals surface area contributed by atoms with Crippen LogP contribution in [0, 0.1) is 0 Å². The maximum absolute atomic E-state index is 12.6. The topological polar surface area (TPSA) is 87.2 Å². The third-order valence-corrected chi connectivity index (χ3v) is 5.62. The van der Waals surface area contributed by atoms with Crippen molar-refractivity contribution in [1.29, 1.82) is 0 Å². The van der Waals surface area contributed by atoms with Gasteiger partial charge in [0.2, 0.25) is 11.9 Å². The second-order valence-electron chi connectivity index (χ2n) is 7.98. The summed E-state index contributed by atoms with van der Waals surface area (Å²) >= 11 is 0. The van der Waals surface area contributed by atoms with Crippen LogP contribution in [-0.2, 0) is 11.3 Å². The normalized spacial score (nSPS) is 14.1. The fraction of sp³-hybridized carbons (Fsp3) is 0.280. The van der Waals surface area contributed by atoms with Crippen molar-refractivity contribution >= 4 is 17.8 Å². The number of hydrogen-bond donors (Lipinski definition) is 2. The number of nitrogens with zero attached hydrogens (tertiary/aromatic N) is 3.